The summed E-state index contributed by atoms with van der Waals surface area (Å²) in [6, 6.07) is 6.38. The molecule has 124 valence electrons. The van der Waals surface area contributed by atoms with E-state index in [1.807, 2.05) is 0 Å². The lowest BCUT2D eigenvalue weighted by molar-refractivity contribution is -0.160. The van der Waals surface area contributed by atoms with E-state index in [9.17, 15) is 19.2 Å². The number of amides is 1. The van der Waals surface area contributed by atoms with Crippen molar-refractivity contribution in [2.75, 3.05) is 14.2 Å². The number of allylic oxidation sites excluding steroid dienone is 1. The molecule has 1 heterocycles. The maximum absolute atomic E-state index is 13.1. The van der Waals surface area contributed by atoms with Crippen molar-refractivity contribution in [1.82, 2.24) is 4.90 Å². The minimum Gasteiger partial charge on any atom is -0.468 e. The molecular formula is C18H17NO5. The third-order valence-electron chi connectivity index (χ3n) is 4.84. The molecule has 6 nitrogen and oxygen atoms in total. The van der Waals surface area contributed by atoms with E-state index in [0.717, 1.165) is 4.90 Å². The van der Waals surface area contributed by atoms with E-state index in [0.29, 0.717) is 0 Å². The van der Waals surface area contributed by atoms with E-state index in [2.05, 4.69) is 0 Å². The van der Waals surface area contributed by atoms with Gasteiger partial charge in [0.15, 0.2) is 11.2 Å². The molecule has 0 spiro atoms. The van der Waals surface area contributed by atoms with Gasteiger partial charge in [-0.1, -0.05) is 38.1 Å². The number of benzene rings is 1. The second-order valence-corrected chi connectivity index (χ2v) is 6.25. The lowest BCUT2D eigenvalue weighted by Crippen LogP contribution is -2.48. The van der Waals surface area contributed by atoms with Gasteiger partial charge in [0.2, 0.25) is 11.7 Å². The topological polar surface area (TPSA) is 80.8 Å². The first kappa shape index (κ1) is 16.1. The molecular weight excluding hydrogens is 310 g/mol. The minimum absolute atomic E-state index is 0.0252. The number of ether oxygens (including phenoxy) is 1. The number of likely N-dealkylation sites (N-methyl/N-ethyl adjacent to an activating group) is 1. The molecule has 1 atom stereocenters. The smallest absolute Gasteiger partial charge is 0.326 e. The number of rotatable bonds is 2. The van der Waals surface area contributed by atoms with Gasteiger partial charge in [0.1, 0.15) is 5.70 Å². The fraction of sp³-hybridized carbons (Fsp3) is 0.333. The number of nitrogens with zero attached hydrogens (tertiary/aromatic N) is 1. The number of carbonyl (C=O) groups excluding carboxylic acids is 4. The molecule has 1 aliphatic carbocycles. The molecule has 1 aliphatic heterocycles. The number of fused-ring (bicyclic) bond motifs is 1. The van der Waals surface area contributed by atoms with Gasteiger partial charge in [-0.05, 0) is 5.92 Å². The highest BCUT2D eigenvalue weighted by Crippen LogP contribution is 2.50. The van der Waals surface area contributed by atoms with Crippen LogP contribution >= 0.6 is 0 Å². The number of hydrogen-bond acceptors (Lipinski definition) is 5. The molecule has 2 aliphatic rings. The average Bonchev–Trinajstić information content (AvgIpc) is 2.81. The van der Waals surface area contributed by atoms with Crippen LogP contribution in [0.1, 0.15) is 34.6 Å². The molecule has 0 bridgehead atoms. The summed E-state index contributed by atoms with van der Waals surface area (Å²) in [7, 11) is 2.57. The van der Waals surface area contributed by atoms with E-state index in [-0.39, 0.29) is 22.4 Å². The van der Waals surface area contributed by atoms with Gasteiger partial charge in [-0.3, -0.25) is 19.2 Å². The predicted molar refractivity (Wildman–Crippen MR) is 84.2 cm³/mol. The molecule has 3 rings (SSSR count). The second kappa shape index (κ2) is 5.12. The highest BCUT2D eigenvalue weighted by molar-refractivity contribution is 6.34. The van der Waals surface area contributed by atoms with Gasteiger partial charge < -0.3 is 9.64 Å². The molecule has 0 aromatic heterocycles. The zero-order valence-electron chi connectivity index (χ0n) is 13.9. The van der Waals surface area contributed by atoms with Crippen molar-refractivity contribution in [3.63, 3.8) is 0 Å². The normalized spacial score (nSPS) is 22.9. The van der Waals surface area contributed by atoms with Crippen LogP contribution in [0.2, 0.25) is 0 Å². The maximum Gasteiger partial charge on any atom is 0.326 e. The van der Waals surface area contributed by atoms with Crippen molar-refractivity contribution in [2.45, 2.75) is 13.8 Å². The molecule has 1 amide bonds. The van der Waals surface area contributed by atoms with Crippen molar-refractivity contribution < 1.29 is 23.9 Å². The van der Waals surface area contributed by atoms with E-state index in [1.165, 1.54) is 20.2 Å². The largest absolute Gasteiger partial charge is 0.468 e. The third kappa shape index (κ3) is 1.65. The summed E-state index contributed by atoms with van der Waals surface area (Å²) in [5, 5.41) is 0. The van der Waals surface area contributed by atoms with Crippen molar-refractivity contribution in [2.24, 2.45) is 11.3 Å². The van der Waals surface area contributed by atoms with Crippen LogP contribution in [-0.2, 0) is 14.3 Å². The zero-order valence-corrected chi connectivity index (χ0v) is 13.9. The zero-order chi connectivity index (χ0) is 17.8. The number of ketones is 2. The fourth-order valence-corrected chi connectivity index (χ4v) is 3.64. The Morgan fingerprint density at radius 1 is 1.08 bits per heavy atom. The average molecular weight is 327 g/mol. The molecule has 0 saturated carbocycles. The van der Waals surface area contributed by atoms with Crippen LogP contribution in [0.4, 0.5) is 0 Å². The number of esters is 1. The molecule has 1 aromatic carbocycles. The Labute approximate surface area is 139 Å². The minimum atomic E-state index is -1.79. The van der Waals surface area contributed by atoms with Crippen LogP contribution in [0.5, 0.6) is 0 Å². The summed E-state index contributed by atoms with van der Waals surface area (Å²) >= 11 is 0. The summed E-state index contributed by atoms with van der Waals surface area (Å²) in [5.74, 6) is -2.88. The molecule has 0 saturated heterocycles. The summed E-state index contributed by atoms with van der Waals surface area (Å²) in [5.41, 5.74) is -1.44. The molecule has 0 radical (unpaired) electrons. The van der Waals surface area contributed by atoms with Gasteiger partial charge in [-0.25, -0.2) is 0 Å². The second-order valence-electron chi connectivity index (χ2n) is 6.25. The van der Waals surface area contributed by atoms with Gasteiger partial charge in [0.05, 0.1) is 12.7 Å². The van der Waals surface area contributed by atoms with Crippen LogP contribution in [0.15, 0.2) is 35.5 Å². The van der Waals surface area contributed by atoms with Crippen LogP contribution in [-0.4, -0.2) is 42.5 Å². The highest BCUT2D eigenvalue weighted by Gasteiger charge is 2.64. The molecule has 0 N–H and O–H groups in total. The number of methoxy groups -OCH3 is 1. The first-order chi connectivity index (χ1) is 11.3. The Bertz CT molecular complexity index is 836. The van der Waals surface area contributed by atoms with Crippen LogP contribution in [0.3, 0.4) is 0 Å². The highest BCUT2D eigenvalue weighted by atomic mass is 16.5. The Hall–Kier alpha value is -2.76. The monoisotopic (exact) mass is 327 g/mol. The lowest BCUT2D eigenvalue weighted by Gasteiger charge is -2.31. The predicted octanol–water partition coefficient (Wildman–Crippen LogP) is 1.61. The van der Waals surface area contributed by atoms with Gasteiger partial charge in [-0.15, -0.1) is 0 Å². The fourth-order valence-electron chi connectivity index (χ4n) is 3.64. The van der Waals surface area contributed by atoms with Gasteiger partial charge in [0, 0.05) is 18.2 Å². The third-order valence-corrected chi connectivity index (χ3v) is 4.84. The van der Waals surface area contributed by atoms with E-state index in [4.69, 9.17) is 4.74 Å². The first-order valence-corrected chi connectivity index (χ1v) is 7.59. The van der Waals surface area contributed by atoms with Crippen molar-refractivity contribution in [3.05, 3.63) is 46.7 Å². The van der Waals surface area contributed by atoms with Crippen molar-refractivity contribution in [1.29, 1.82) is 0 Å². The summed E-state index contributed by atoms with van der Waals surface area (Å²) in [6.07, 6.45) is 0. The Kier molecular flexibility index (Phi) is 3.44. The Balaban J connectivity index is 2.38. The molecule has 6 heteroatoms. The Morgan fingerprint density at radius 3 is 2.12 bits per heavy atom. The molecule has 0 fully saturated rings. The quantitative estimate of drug-likeness (QED) is 0.609. The van der Waals surface area contributed by atoms with Crippen LogP contribution in [0, 0.1) is 11.3 Å². The lowest BCUT2D eigenvalue weighted by atomic mass is 9.67. The maximum atomic E-state index is 13.1. The van der Waals surface area contributed by atoms with Crippen LogP contribution < -0.4 is 0 Å². The summed E-state index contributed by atoms with van der Waals surface area (Å²) < 4.78 is 4.85. The van der Waals surface area contributed by atoms with Crippen molar-refractivity contribution >= 4 is 23.4 Å². The Morgan fingerprint density at radius 2 is 1.62 bits per heavy atom. The summed E-state index contributed by atoms with van der Waals surface area (Å²) in [4.78, 5) is 52.6. The van der Waals surface area contributed by atoms with Crippen molar-refractivity contribution in [3.8, 4) is 0 Å². The standard InChI is InChI=1S/C18H17NO5/c1-9(2)18(17(23)24-4)12-13(19(3)16(18)22)15(21)11-8-6-5-7-10(11)14(12)20/h5-9H,1-4H3. The SMILES string of the molecule is COC(=O)C1(C(C)C)C(=O)N(C)C2=C1C(=O)c1ccccc1C2=O. The number of Topliss-reactive ketones (excluding diaryl/α,β-unsaturated/α-hetero) is 2. The first-order valence-electron chi connectivity index (χ1n) is 7.59. The molecule has 1 unspecified atom stereocenters. The van der Waals surface area contributed by atoms with E-state index in [1.54, 1.807) is 32.0 Å². The van der Waals surface area contributed by atoms with E-state index >= 15 is 0 Å². The molecule has 1 aromatic rings. The summed E-state index contributed by atoms with van der Waals surface area (Å²) in [6.45, 7) is 3.33. The van der Waals surface area contributed by atoms with Gasteiger partial charge in [0.25, 0.3) is 0 Å². The number of hydrogen-bond donors (Lipinski definition) is 0. The van der Waals surface area contributed by atoms with Gasteiger partial charge >= 0.3 is 5.97 Å². The van der Waals surface area contributed by atoms with Crippen LogP contribution in [0.25, 0.3) is 0 Å². The van der Waals surface area contributed by atoms with E-state index < -0.39 is 34.8 Å². The molecule has 24 heavy (non-hydrogen) atoms. The number of carbonyl (C=O) groups is 4. The van der Waals surface area contributed by atoms with Gasteiger partial charge in [-0.2, -0.15) is 0 Å².